The van der Waals surface area contributed by atoms with Crippen LogP contribution in [0.4, 0.5) is 5.69 Å². The van der Waals surface area contributed by atoms with Crippen molar-refractivity contribution in [3.8, 4) is 0 Å². The highest BCUT2D eigenvalue weighted by molar-refractivity contribution is 9.10. The zero-order valence-electron chi connectivity index (χ0n) is 7.90. The molecule has 0 aliphatic heterocycles. The molecule has 2 rings (SSSR count). The second-order valence-electron chi connectivity index (χ2n) is 3.20. The highest BCUT2D eigenvalue weighted by Gasteiger charge is 2.17. The number of benzene rings is 1. The minimum absolute atomic E-state index is 0.149. The second kappa shape index (κ2) is 3.58. The summed E-state index contributed by atoms with van der Waals surface area (Å²) in [6.07, 6.45) is 3.17. The van der Waals surface area contributed by atoms with Crippen molar-refractivity contribution in [1.29, 1.82) is 0 Å². The fourth-order valence-electron chi connectivity index (χ4n) is 1.58. The Kier molecular flexibility index (Phi) is 2.40. The molecule has 0 N–H and O–H groups in total. The van der Waals surface area contributed by atoms with Crippen molar-refractivity contribution in [2.24, 2.45) is 0 Å². The number of hydrogen-bond acceptors (Lipinski definition) is 3. The Morgan fingerprint density at radius 2 is 2.20 bits per heavy atom. The number of fused-ring (bicyclic) bond motifs is 1. The van der Waals surface area contributed by atoms with Crippen molar-refractivity contribution in [3.63, 3.8) is 0 Å². The molecule has 5 heteroatoms. The summed E-state index contributed by atoms with van der Waals surface area (Å²) in [5, 5.41) is 12.3. The van der Waals surface area contributed by atoms with Crippen LogP contribution in [0.25, 0.3) is 10.8 Å². The molecule has 1 heterocycles. The molecular weight excluding hydrogens is 260 g/mol. The average Bonchev–Trinajstić information content (AvgIpc) is 2.17. The largest absolute Gasteiger partial charge is 0.280 e. The van der Waals surface area contributed by atoms with Gasteiger partial charge in [-0.1, -0.05) is 15.9 Å². The first-order valence-electron chi connectivity index (χ1n) is 4.28. The highest BCUT2D eigenvalue weighted by Crippen LogP contribution is 2.33. The van der Waals surface area contributed by atoms with Gasteiger partial charge in [-0.25, -0.2) is 0 Å². The molecule has 1 aromatic heterocycles. The number of hydrogen-bond donors (Lipinski definition) is 0. The van der Waals surface area contributed by atoms with E-state index in [0.717, 1.165) is 9.86 Å². The zero-order chi connectivity index (χ0) is 11.0. The number of aryl methyl sites for hydroxylation is 1. The maximum absolute atomic E-state index is 10.9. The molecule has 0 atom stereocenters. The van der Waals surface area contributed by atoms with Gasteiger partial charge in [0.1, 0.15) is 0 Å². The van der Waals surface area contributed by atoms with Crippen LogP contribution < -0.4 is 0 Å². The van der Waals surface area contributed by atoms with Gasteiger partial charge in [-0.2, -0.15) is 0 Å². The summed E-state index contributed by atoms with van der Waals surface area (Å²) in [5.74, 6) is 0. The van der Waals surface area contributed by atoms with Crippen molar-refractivity contribution >= 4 is 32.4 Å². The quantitative estimate of drug-likeness (QED) is 0.588. The smallest absolute Gasteiger partial charge is 0.264 e. The first-order valence-corrected chi connectivity index (χ1v) is 5.08. The Hall–Kier alpha value is -1.49. The van der Waals surface area contributed by atoms with E-state index in [2.05, 4.69) is 20.9 Å². The minimum Gasteiger partial charge on any atom is -0.264 e. The first-order chi connectivity index (χ1) is 7.11. The summed E-state index contributed by atoms with van der Waals surface area (Å²) >= 11 is 3.37. The third-order valence-corrected chi connectivity index (χ3v) is 2.89. The lowest BCUT2D eigenvalue weighted by Gasteiger charge is -2.04. The maximum atomic E-state index is 10.9. The van der Waals surface area contributed by atoms with E-state index in [1.165, 1.54) is 0 Å². The van der Waals surface area contributed by atoms with Crippen LogP contribution in [0.5, 0.6) is 0 Å². The summed E-state index contributed by atoms with van der Waals surface area (Å²) in [6.45, 7) is 1.72. The molecule has 0 saturated heterocycles. The SMILES string of the molecule is Cc1cc(Br)c2cnccc2c1[N+](=O)[O-]. The van der Waals surface area contributed by atoms with Crippen LogP contribution in [0.1, 0.15) is 5.56 Å². The monoisotopic (exact) mass is 266 g/mol. The molecule has 0 bridgehead atoms. The summed E-state index contributed by atoms with van der Waals surface area (Å²) in [4.78, 5) is 14.5. The minimum atomic E-state index is -0.357. The van der Waals surface area contributed by atoms with E-state index in [1.54, 1.807) is 31.5 Å². The topological polar surface area (TPSA) is 56.0 Å². The van der Waals surface area contributed by atoms with Gasteiger partial charge >= 0.3 is 0 Å². The van der Waals surface area contributed by atoms with Crippen molar-refractivity contribution in [2.45, 2.75) is 6.92 Å². The van der Waals surface area contributed by atoms with E-state index in [9.17, 15) is 10.1 Å². The molecule has 0 aliphatic rings. The van der Waals surface area contributed by atoms with E-state index in [4.69, 9.17) is 0 Å². The van der Waals surface area contributed by atoms with Crippen molar-refractivity contribution in [1.82, 2.24) is 4.98 Å². The Bertz CT molecular complexity index is 554. The first kappa shape index (κ1) is 10.0. The van der Waals surface area contributed by atoms with Gasteiger partial charge in [0.2, 0.25) is 0 Å². The molecular formula is C10H7BrN2O2. The zero-order valence-corrected chi connectivity index (χ0v) is 9.48. The van der Waals surface area contributed by atoms with Crippen LogP contribution in [-0.4, -0.2) is 9.91 Å². The summed E-state index contributed by atoms with van der Waals surface area (Å²) in [7, 11) is 0. The number of nitrogens with zero attached hydrogens (tertiary/aromatic N) is 2. The maximum Gasteiger partial charge on any atom is 0.280 e. The molecule has 4 nitrogen and oxygen atoms in total. The van der Waals surface area contributed by atoms with Crippen LogP contribution in [0, 0.1) is 17.0 Å². The van der Waals surface area contributed by atoms with E-state index in [0.29, 0.717) is 10.9 Å². The van der Waals surface area contributed by atoms with Crippen LogP contribution >= 0.6 is 15.9 Å². The number of aromatic nitrogens is 1. The predicted octanol–water partition coefficient (Wildman–Crippen LogP) is 3.21. The van der Waals surface area contributed by atoms with Gasteiger partial charge in [-0.3, -0.25) is 15.1 Å². The molecule has 1 aromatic carbocycles. The molecule has 0 fully saturated rings. The predicted molar refractivity (Wildman–Crippen MR) is 60.8 cm³/mol. The van der Waals surface area contributed by atoms with Gasteiger partial charge in [0.15, 0.2) is 0 Å². The van der Waals surface area contributed by atoms with E-state index in [-0.39, 0.29) is 10.6 Å². The van der Waals surface area contributed by atoms with Gasteiger partial charge in [0.05, 0.1) is 10.3 Å². The van der Waals surface area contributed by atoms with Crippen molar-refractivity contribution in [3.05, 3.63) is 44.7 Å². The van der Waals surface area contributed by atoms with E-state index >= 15 is 0 Å². The number of rotatable bonds is 1. The van der Waals surface area contributed by atoms with Gasteiger partial charge in [0.25, 0.3) is 5.69 Å². The third kappa shape index (κ3) is 1.59. The molecule has 76 valence electrons. The lowest BCUT2D eigenvalue weighted by Crippen LogP contribution is -1.94. The van der Waals surface area contributed by atoms with Crippen LogP contribution in [0.15, 0.2) is 29.0 Å². The number of nitro groups is 1. The normalized spacial score (nSPS) is 10.5. The molecule has 0 saturated carbocycles. The molecule has 15 heavy (non-hydrogen) atoms. The number of pyridine rings is 1. The van der Waals surface area contributed by atoms with Gasteiger partial charge in [-0.05, 0) is 19.1 Å². The summed E-state index contributed by atoms with van der Waals surface area (Å²) < 4.78 is 0.828. The van der Waals surface area contributed by atoms with Crippen molar-refractivity contribution < 1.29 is 4.92 Å². The Morgan fingerprint density at radius 3 is 2.87 bits per heavy atom. The fraction of sp³-hybridized carbons (Fsp3) is 0.100. The van der Waals surface area contributed by atoms with Gasteiger partial charge < -0.3 is 0 Å². The van der Waals surface area contributed by atoms with Crippen LogP contribution in [0.2, 0.25) is 0 Å². The number of nitro benzene ring substituents is 1. The van der Waals surface area contributed by atoms with E-state index in [1.807, 2.05) is 0 Å². The third-order valence-electron chi connectivity index (χ3n) is 2.23. The van der Waals surface area contributed by atoms with E-state index < -0.39 is 0 Å². The molecule has 0 radical (unpaired) electrons. The summed E-state index contributed by atoms with van der Waals surface area (Å²) in [5.41, 5.74) is 0.793. The lowest BCUT2D eigenvalue weighted by atomic mass is 10.1. The number of halogens is 1. The Labute approximate surface area is 94.2 Å². The summed E-state index contributed by atoms with van der Waals surface area (Å²) in [6, 6.07) is 3.40. The second-order valence-corrected chi connectivity index (χ2v) is 4.06. The Balaban J connectivity index is 2.96. The van der Waals surface area contributed by atoms with Crippen molar-refractivity contribution in [2.75, 3.05) is 0 Å². The van der Waals surface area contributed by atoms with Gasteiger partial charge in [-0.15, -0.1) is 0 Å². The van der Waals surface area contributed by atoms with Crippen LogP contribution in [-0.2, 0) is 0 Å². The molecule has 0 spiro atoms. The lowest BCUT2D eigenvalue weighted by molar-refractivity contribution is -0.383. The Morgan fingerprint density at radius 1 is 1.47 bits per heavy atom. The molecule has 0 amide bonds. The standard InChI is InChI=1S/C10H7BrN2O2/c1-6-4-9(11)8-5-12-3-2-7(8)10(6)13(14)15/h2-5H,1H3. The van der Waals surface area contributed by atoms with Gasteiger partial charge in [0, 0.05) is 27.8 Å². The fourth-order valence-corrected chi connectivity index (χ4v) is 2.24. The van der Waals surface area contributed by atoms with Crippen LogP contribution in [0.3, 0.4) is 0 Å². The average molecular weight is 267 g/mol. The highest BCUT2D eigenvalue weighted by atomic mass is 79.9. The molecule has 2 aromatic rings. The molecule has 0 unspecified atom stereocenters. The molecule has 0 aliphatic carbocycles.